The lowest BCUT2D eigenvalue weighted by Gasteiger charge is -2.31. The average molecular weight is 341 g/mol. The van der Waals surface area contributed by atoms with Crippen LogP contribution in [0.4, 0.5) is 10.5 Å². The highest BCUT2D eigenvalue weighted by molar-refractivity contribution is 5.92. The van der Waals surface area contributed by atoms with Gasteiger partial charge in [-0.15, -0.1) is 0 Å². The molecule has 7 nitrogen and oxygen atoms in total. The van der Waals surface area contributed by atoms with Crippen LogP contribution in [-0.2, 0) is 18.4 Å². The van der Waals surface area contributed by atoms with Gasteiger partial charge in [0.05, 0.1) is 12.2 Å². The molecule has 1 aromatic heterocycles. The normalized spacial score (nSPS) is 15.0. The number of aromatic nitrogens is 2. The summed E-state index contributed by atoms with van der Waals surface area (Å²) in [7, 11) is 1.85. The molecule has 1 aliphatic heterocycles. The van der Waals surface area contributed by atoms with Gasteiger partial charge in [0.2, 0.25) is 5.91 Å². The zero-order chi connectivity index (χ0) is 17.6. The number of amides is 3. The van der Waals surface area contributed by atoms with Crippen LogP contribution in [0.2, 0.25) is 0 Å². The Bertz CT molecular complexity index is 720. The Morgan fingerprint density at radius 3 is 2.52 bits per heavy atom. The first-order valence-electron chi connectivity index (χ1n) is 8.49. The molecule has 25 heavy (non-hydrogen) atoms. The van der Waals surface area contributed by atoms with Gasteiger partial charge in [0.25, 0.3) is 0 Å². The maximum Gasteiger partial charge on any atom is 0.317 e. The first-order chi connectivity index (χ1) is 12.1. The minimum absolute atomic E-state index is 0.0288. The lowest BCUT2D eigenvalue weighted by Crippen LogP contribution is -2.46. The van der Waals surface area contributed by atoms with E-state index in [1.807, 2.05) is 43.4 Å². The van der Waals surface area contributed by atoms with Crippen molar-refractivity contribution < 1.29 is 9.59 Å². The fraction of sp³-hybridized carbons (Fsp3) is 0.389. The van der Waals surface area contributed by atoms with Crippen LogP contribution in [-0.4, -0.2) is 39.7 Å². The summed E-state index contributed by atoms with van der Waals surface area (Å²) >= 11 is 0. The van der Waals surface area contributed by atoms with Gasteiger partial charge in [0, 0.05) is 37.9 Å². The van der Waals surface area contributed by atoms with Crippen LogP contribution in [0, 0.1) is 5.92 Å². The molecule has 1 fully saturated rings. The second-order valence-corrected chi connectivity index (χ2v) is 6.22. The highest BCUT2D eigenvalue weighted by atomic mass is 16.2. The third kappa shape index (κ3) is 4.37. The number of para-hydroxylation sites is 1. The molecule has 0 aliphatic carbocycles. The molecular weight excluding hydrogens is 318 g/mol. The van der Waals surface area contributed by atoms with Crippen molar-refractivity contribution in [3.05, 3.63) is 48.3 Å². The van der Waals surface area contributed by atoms with Crippen LogP contribution >= 0.6 is 0 Å². The monoisotopic (exact) mass is 341 g/mol. The van der Waals surface area contributed by atoms with Gasteiger partial charge in [-0.25, -0.2) is 4.79 Å². The molecule has 2 heterocycles. The number of rotatable bonds is 4. The molecule has 0 unspecified atom stereocenters. The number of piperidine rings is 1. The predicted molar refractivity (Wildman–Crippen MR) is 94.8 cm³/mol. The van der Waals surface area contributed by atoms with E-state index in [0.717, 1.165) is 11.4 Å². The number of anilines is 1. The van der Waals surface area contributed by atoms with Gasteiger partial charge in [0.1, 0.15) is 0 Å². The van der Waals surface area contributed by atoms with Crippen molar-refractivity contribution in [2.45, 2.75) is 19.4 Å². The van der Waals surface area contributed by atoms with E-state index in [-0.39, 0.29) is 17.9 Å². The molecule has 3 amide bonds. The smallest absolute Gasteiger partial charge is 0.317 e. The number of aryl methyl sites for hydroxylation is 1. The van der Waals surface area contributed by atoms with Gasteiger partial charge in [-0.2, -0.15) is 5.10 Å². The molecule has 0 radical (unpaired) electrons. The van der Waals surface area contributed by atoms with Crippen LogP contribution in [0.1, 0.15) is 18.5 Å². The number of hydrogen-bond acceptors (Lipinski definition) is 3. The number of likely N-dealkylation sites (tertiary alicyclic amines) is 1. The fourth-order valence-corrected chi connectivity index (χ4v) is 2.96. The summed E-state index contributed by atoms with van der Waals surface area (Å²) < 4.78 is 1.74. The van der Waals surface area contributed by atoms with Crippen molar-refractivity contribution in [2.24, 2.45) is 13.0 Å². The van der Waals surface area contributed by atoms with Crippen molar-refractivity contribution in [1.82, 2.24) is 20.0 Å². The SMILES string of the molecule is Cn1nccc1CNC(=O)N1CCC(C(=O)Nc2ccccc2)CC1. The number of carbonyl (C=O) groups excluding carboxylic acids is 2. The first kappa shape index (κ1) is 17.0. The van der Waals surface area contributed by atoms with Gasteiger partial charge in [-0.1, -0.05) is 18.2 Å². The number of benzene rings is 1. The summed E-state index contributed by atoms with van der Waals surface area (Å²) in [6.45, 7) is 1.62. The van der Waals surface area contributed by atoms with E-state index in [9.17, 15) is 9.59 Å². The van der Waals surface area contributed by atoms with Gasteiger partial charge < -0.3 is 15.5 Å². The Morgan fingerprint density at radius 1 is 1.16 bits per heavy atom. The molecule has 7 heteroatoms. The van der Waals surface area contributed by atoms with Crippen molar-refractivity contribution >= 4 is 17.6 Å². The summed E-state index contributed by atoms with van der Waals surface area (Å²) in [6, 6.07) is 11.2. The number of nitrogens with zero attached hydrogens (tertiary/aromatic N) is 3. The molecule has 1 aromatic carbocycles. The van der Waals surface area contributed by atoms with E-state index in [4.69, 9.17) is 0 Å². The lowest BCUT2D eigenvalue weighted by molar-refractivity contribution is -0.121. The van der Waals surface area contributed by atoms with Crippen LogP contribution in [0.3, 0.4) is 0 Å². The Hall–Kier alpha value is -2.83. The van der Waals surface area contributed by atoms with E-state index in [1.54, 1.807) is 15.8 Å². The second kappa shape index (κ2) is 7.83. The Labute approximate surface area is 147 Å². The number of carbonyl (C=O) groups is 2. The highest BCUT2D eigenvalue weighted by Crippen LogP contribution is 2.19. The summed E-state index contributed by atoms with van der Waals surface area (Å²) in [4.78, 5) is 26.3. The molecule has 0 bridgehead atoms. The van der Waals surface area contributed by atoms with E-state index >= 15 is 0 Å². The summed E-state index contributed by atoms with van der Waals surface area (Å²) in [5.74, 6) is -0.0255. The van der Waals surface area contributed by atoms with E-state index in [1.165, 1.54) is 0 Å². The van der Waals surface area contributed by atoms with Crippen molar-refractivity contribution in [3.63, 3.8) is 0 Å². The van der Waals surface area contributed by atoms with Gasteiger partial charge in [0.15, 0.2) is 0 Å². The zero-order valence-electron chi connectivity index (χ0n) is 14.3. The molecule has 0 saturated carbocycles. The molecular formula is C18H23N5O2. The highest BCUT2D eigenvalue weighted by Gasteiger charge is 2.27. The molecule has 132 valence electrons. The number of hydrogen-bond donors (Lipinski definition) is 2. The minimum atomic E-state index is -0.0943. The molecule has 2 aromatic rings. The molecule has 1 aliphatic rings. The van der Waals surface area contributed by atoms with Crippen molar-refractivity contribution in [3.8, 4) is 0 Å². The summed E-state index contributed by atoms with van der Waals surface area (Å²) in [5, 5.41) is 9.92. The minimum Gasteiger partial charge on any atom is -0.332 e. The quantitative estimate of drug-likeness (QED) is 0.892. The largest absolute Gasteiger partial charge is 0.332 e. The lowest BCUT2D eigenvalue weighted by atomic mass is 9.96. The molecule has 0 atom stereocenters. The first-order valence-corrected chi connectivity index (χ1v) is 8.49. The van der Waals surface area contributed by atoms with E-state index in [0.29, 0.717) is 32.5 Å². The summed E-state index contributed by atoms with van der Waals surface area (Å²) in [5.41, 5.74) is 1.76. The third-order valence-corrected chi connectivity index (χ3v) is 4.54. The molecule has 3 rings (SSSR count). The average Bonchev–Trinajstić information content (AvgIpc) is 3.05. The Morgan fingerprint density at radius 2 is 1.88 bits per heavy atom. The molecule has 2 N–H and O–H groups in total. The van der Waals surface area contributed by atoms with Crippen LogP contribution < -0.4 is 10.6 Å². The maximum absolute atomic E-state index is 12.3. The summed E-state index contributed by atoms with van der Waals surface area (Å²) in [6.07, 6.45) is 3.06. The van der Waals surface area contributed by atoms with Gasteiger partial charge >= 0.3 is 6.03 Å². The molecule has 0 spiro atoms. The van der Waals surface area contributed by atoms with Crippen LogP contribution in [0.5, 0.6) is 0 Å². The van der Waals surface area contributed by atoms with Crippen LogP contribution in [0.15, 0.2) is 42.6 Å². The Kier molecular flexibility index (Phi) is 5.33. The van der Waals surface area contributed by atoms with Crippen molar-refractivity contribution in [1.29, 1.82) is 0 Å². The van der Waals surface area contributed by atoms with Crippen molar-refractivity contribution in [2.75, 3.05) is 18.4 Å². The standard InChI is InChI=1S/C18H23N5O2/c1-22-16(7-10-20-22)13-19-18(25)23-11-8-14(9-12-23)17(24)21-15-5-3-2-4-6-15/h2-7,10,14H,8-9,11-13H2,1H3,(H,19,25)(H,21,24). The second-order valence-electron chi connectivity index (χ2n) is 6.22. The van der Waals surface area contributed by atoms with E-state index in [2.05, 4.69) is 15.7 Å². The number of urea groups is 1. The number of nitrogens with one attached hydrogen (secondary N) is 2. The van der Waals surface area contributed by atoms with E-state index < -0.39 is 0 Å². The third-order valence-electron chi connectivity index (χ3n) is 4.54. The van der Waals surface area contributed by atoms with Crippen LogP contribution in [0.25, 0.3) is 0 Å². The van der Waals surface area contributed by atoms with Gasteiger partial charge in [-0.05, 0) is 31.0 Å². The fourth-order valence-electron chi connectivity index (χ4n) is 2.96. The molecule has 1 saturated heterocycles. The predicted octanol–water partition coefficient (Wildman–Crippen LogP) is 1.98. The topological polar surface area (TPSA) is 79.3 Å². The Balaban J connectivity index is 1.44. The van der Waals surface area contributed by atoms with Gasteiger partial charge in [-0.3, -0.25) is 9.48 Å². The maximum atomic E-state index is 12.3. The zero-order valence-corrected chi connectivity index (χ0v) is 14.3.